The van der Waals surface area contributed by atoms with Gasteiger partial charge in [-0.15, -0.1) is 0 Å². The number of hydrogen-bond donors (Lipinski definition) is 1. The predicted octanol–water partition coefficient (Wildman–Crippen LogP) is 1.14. The first-order valence-electron chi connectivity index (χ1n) is 6.31. The lowest BCUT2D eigenvalue weighted by Gasteiger charge is -2.17. The maximum Gasteiger partial charge on any atom is 0.310 e. The van der Waals surface area contributed by atoms with E-state index in [1.165, 1.54) is 18.2 Å². The fraction of sp³-hybridized carbons (Fsp3) is 0.500. The Morgan fingerprint density at radius 2 is 2.17 bits per heavy atom. The van der Waals surface area contributed by atoms with Gasteiger partial charge in [0.1, 0.15) is 0 Å². The minimum atomic E-state index is -0.0930. The number of carbonyl (C=O) groups excluding carboxylic acids is 1. The summed E-state index contributed by atoms with van der Waals surface area (Å²) in [4.78, 5) is 13.8. The lowest BCUT2D eigenvalue weighted by atomic mass is 10.1. The molecule has 1 atom stereocenters. The zero-order valence-electron chi connectivity index (χ0n) is 10.8. The summed E-state index contributed by atoms with van der Waals surface area (Å²) in [5, 5.41) is 0. The number of ether oxygens (including phenoxy) is 1. The van der Waals surface area contributed by atoms with Crippen molar-refractivity contribution >= 4 is 5.97 Å². The number of esters is 1. The van der Waals surface area contributed by atoms with Gasteiger partial charge in [0, 0.05) is 19.6 Å². The van der Waals surface area contributed by atoms with E-state index in [1.54, 1.807) is 0 Å². The third-order valence-corrected chi connectivity index (χ3v) is 3.54. The van der Waals surface area contributed by atoms with Gasteiger partial charge in [-0.3, -0.25) is 9.69 Å². The van der Waals surface area contributed by atoms with Crippen molar-refractivity contribution in [1.82, 2.24) is 4.90 Å². The van der Waals surface area contributed by atoms with Crippen molar-refractivity contribution in [3.63, 3.8) is 0 Å². The first-order chi connectivity index (χ1) is 8.74. The molecule has 0 spiro atoms. The van der Waals surface area contributed by atoms with Crippen molar-refractivity contribution in [3.8, 4) is 0 Å². The van der Waals surface area contributed by atoms with Gasteiger partial charge in [-0.1, -0.05) is 24.3 Å². The van der Waals surface area contributed by atoms with Crippen LogP contribution in [0.5, 0.6) is 0 Å². The second-order valence-corrected chi connectivity index (χ2v) is 4.72. The van der Waals surface area contributed by atoms with Gasteiger partial charge in [0.2, 0.25) is 0 Å². The third-order valence-electron chi connectivity index (χ3n) is 3.54. The molecule has 1 saturated heterocycles. The molecule has 4 nitrogen and oxygen atoms in total. The highest BCUT2D eigenvalue weighted by Gasteiger charge is 2.28. The summed E-state index contributed by atoms with van der Waals surface area (Å²) in [7, 11) is 1.45. The van der Waals surface area contributed by atoms with Crippen molar-refractivity contribution in [3.05, 3.63) is 35.4 Å². The Kier molecular flexibility index (Phi) is 4.33. The Morgan fingerprint density at radius 1 is 1.44 bits per heavy atom. The van der Waals surface area contributed by atoms with Crippen LogP contribution in [-0.2, 0) is 22.6 Å². The number of methoxy groups -OCH3 is 1. The minimum absolute atomic E-state index is 0.0278. The fourth-order valence-corrected chi connectivity index (χ4v) is 2.49. The van der Waals surface area contributed by atoms with Crippen LogP contribution in [0.2, 0.25) is 0 Å². The van der Waals surface area contributed by atoms with E-state index < -0.39 is 0 Å². The molecule has 0 aromatic heterocycles. The Hall–Kier alpha value is -1.39. The summed E-state index contributed by atoms with van der Waals surface area (Å²) in [6.07, 6.45) is 0.886. The van der Waals surface area contributed by atoms with Crippen molar-refractivity contribution < 1.29 is 9.53 Å². The monoisotopic (exact) mass is 248 g/mol. The Bertz CT molecular complexity index is 420. The largest absolute Gasteiger partial charge is 0.469 e. The number of nitrogens with zero attached hydrogens (tertiary/aromatic N) is 1. The molecule has 0 bridgehead atoms. The number of likely N-dealkylation sites (tertiary alicyclic amines) is 1. The van der Waals surface area contributed by atoms with Gasteiger partial charge in [-0.05, 0) is 24.1 Å². The molecule has 0 amide bonds. The van der Waals surface area contributed by atoms with Crippen LogP contribution in [-0.4, -0.2) is 31.1 Å². The maximum absolute atomic E-state index is 11.5. The summed E-state index contributed by atoms with van der Waals surface area (Å²) < 4.78 is 4.79. The molecule has 98 valence electrons. The van der Waals surface area contributed by atoms with Gasteiger partial charge >= 0.3 is 5.97 Å². The van der Waals surface area contributed by atoms with E-state index in [-0.39, 0.29) is 11.9 Å². The molecule has 1 heterocycles. The molecule has 1 aromatic rings. The van der Waals surface area contributed by atoms with Crippen molar-refractivity contribution in [2.45, 2.75) is 19.5 Å². The number of carbonyl (C=O) groups is 1. The Balaban J connectivity index is 1.97. The molecule has 4 heteroatoms. The molecule has 2 N–H and O–H groups in total. The number of rotatable bonds is 4. The fourth-order valence-electron chi connectivity index (χ4n) is 2.49. The standard InChI is InChI=1S/C14H20N2O2/c1-18-14(17)13-6-7-16(10-13)9-12-5-3-2-4-11(12)8-15/h2-5,13H,6-10,15H2,1H3. The maximum atomic E-state index is 11.5. The summed E-state index contributed by atoms with van der Waals surface area (Å²) in [6.45, 7) is 3.15. The minimum Gasteiger partial charge on any atom is -0.469 e. The number of benzene rings is 1. The van der Waals surface area contributed by atoms with Gasteiger partial charge in [-0.25, -0.2) is 0 Å². The Labute approximate surface area is 108 Å². The molecule has 0 aliphatic carbocycles. The van der Waals surface area contributed by atoms with Crippen LogP contribution in [0.1, 0.15) is 17.5 Å². The van der Waals surface area contributed by atoms with Gasteiger partial charge in [-0.2, -0.15) is 0 Å². The highest BCUT2D eigenvalue weighted by molar-refractivity contribution is 5.72. The van der Waals surface area contributed by atoms with Crippen LogP contribution in [0.3, 0.4) is 0 Å². The lowest BCUT2D eigenvalue weighted by molar-refractivity contribution is -0.144. The highest BCUT2D eigenvalue weighted by atomic mass is 16.5. The number of nitrogens with two attached hydrogens (primary N) is 1. The average molecular weight is 248 g/mol. The lowest BCUT2D eigenvalue weighted by Crippen LogP contribution is -2.24. The first kappa shape index (κ1) is 13.1. The quantitative estimate of drug-likeness (QED) is 0.812. The predicted molar refractivity (Wildman–Crippen MR) is 69.7 cm³/mol. The SMILES string of the molecule is COC(=O)C1CCN(Cc2ccccc2CN)C1. The normalized spacial score (nSPS) is 20.0. The summed E-state index contributed by atoms with van der Waals surface area (Å²) in [5.74, 6) is -0.0651. The summed E-state index contributed by atoms with van der Waals surface area (Å²) in [6, 6.07) is 8.20. The van der Waals surface area contributed by atoms with E-state index >= 15 is 0 Å². The van der Waals surface area contributed by atoms with Gasteiger partial charge in [0.15, 0.2) is 0 Å². The smallest absolute Gasteiger partial charge is 0.310 e. The van der Waals surface area contributed by atoms with E-state index in [2.05, 4.69) is 17.0 Å². The third kappa shape index (κ3) is 2.89. The van der Waals surface area contributed by atoms with Crippen molar-refractivity contribution in [1.29, 1.82) is 0 Å². The van der Waals surface area contributed by atoms with E-state index in [0.717, 1.165) is 26.1 Å². The molecule has 0 radical (unpaired) electrons. The molecular weight excluding hydrogens is 228 g/mol. The van der Waals surface area contributed by atoms with E-state index in [4.69, 9.17) is 10.5 Å². The first-order valence-corrected chi connectivity index (χ1v) is 6.31. The van der Waals surface area contributed by atoms with Crippen molar-refractivity contribution in [2.75, 3.05) is 20.2 Å². The summed E-state index contributed by atoms with van der Waals surface area (Å²) >= 11 is 0. The van der Waals surface area contributed by atoms with E-state index in [9.17, 15) is 4.79 Å². The second kappa shape index (κ2) is 5.98. The topological polar surface area (TPSA) is 55.6 Å². The van der Waals surface area contributed by atoms with Crippen LogP contribution in [0, 0.1) is 5.92 Å². The zero-order valence-corrected chi connectivity index (χ0v) is 10.8. The van der Waals surface area contributed by atoms with Crippen LogP contribution in [0.15, 0.2) is 24.3 Å². The highest BCUT2D eigenvalue weighted by Crippen LogP contribution is 2.21. The molecule has 1 unspecified atom stereocenters. The molecule has 1 aromatic carbocycles. The van der Waals surface area contributed by atoms with Gasteiger partial charge in [0.25, 0.3) is 0 Å². The van der Waals surface area contributed by atoms with Crippen LogP contribution in [0.4, 0.5) is 0 Å². The molecule has 1 aliphatic rings. The van der Waals surface area contributed by atoms with Crippen LogP contribution < -0.4 is 5.73 Å². The molecule has 1 fully saturated rings. The molecule has 2 rings (SSSR count). The second-order valence-electron chi connectivity index (χ2n) is 4.72. The molecule has 1 aliphatic heterocycles. The van der Waals surface area contributed by atoms with Gasteiger partial charge < -0.3 is 10.5 Å². The Morgan fingerprint density at radius 3 is 2.83 bits per heavy atom. The van der Waals surface area contributed by atoms with Gasteiger partial charge in [0.05, 0.1) is 13.0 Å². The molecule has 0 saturated carbocycles. The average Bonchev–Trinajstić information content (AvgIpc) is 2.87. The zero-order chi connectivity index (χ0) is 13.0. The van der Waals surface area contributed by atoms with E-state index in [0.29, 0.717) is 6.54 Å². The number of hydrogen-bond acceptors (Lipinski definition) is 4. The molecular formula is C14H20N2O2. The summed E-state index contributed by atoms with van der Waals surface area (Å²) in [5.41, 5.74) is 8.16. The van der Waals surface area contributed by atoms with Crippen molar-refractivity contribution in [2.24, 2.45) is 11.7 Å². The van der Waals surface area contributed by atoms with Crippen LogP contribution in [0.25, 0.3) is 0 Å². The molecule has 18 heavy (non-hydrogen) atoms. The van der Waals surface area contributed by atoms with Crippen LogP contribution >= 0.6 is 0 Å². The van der Waals surface area contributed by atoms with E-state index in [1.807, 2.05) is 12.1 Å².